The first-order chi connectivity index (χ1) is 18.9. The number of sulfonamides is 1. The van der Waals surface area contributed by atoms with E-state index in [-0.39, 0.29) is 18.1 Å². The predicted molar refractivity (Wildman–Crippen MR) is 151 cm³/mol. The van der Waals surface area contributed by atoms with E-state index in [9.17, 15) is 12.6 Å². The fraction of sp³-hybridized carbons (Fsp3) is 0.400. The van der Waals surface area contributed by atoms with Crippen molar-refractivity contribution in [3.8, 4) is 11.5 Å². The van der Waals surface area contributed by atoms with Crippen LogP contribution in [-0.2, 0) is 26.2 Å². The van der Waals surface area contributed by atoms with Crippen molar-refractivity contribution in [2.75, 3.05) is 45.8 Å². The SMILES string of the molecule is CN(C[C@@H](CCN1CCC2(CC1)CS(=O)c1ccccc12)c1ccc2c(c1)OCO2)S(=O)(=O)c1ccccc1. The quantitative estimate of drug-likeness (QED) is 0.403. The topological polar surface area (TPSA) is 76.2 Å². The molecule has 206 valence electrons. The van der Waals surface area contributed by atoms with Gasteiger partial charge in [-0.25, -0.2) is 12.7 Å². The van der Waals surface area contributed by atoms with Gasteiger partial charge in [0.15, 0.2) is 11.5 Å². The predicted octanol–water partition coefficient (Wildman–Crippen LogP) is 4.36. The smallest absolute Gasteiger partial charge is 0.242 e. The Kier molecular flexibility index (Phi) is 7.26. The van der Waals surface area contributed by atoms with E-state index in [2.05, 4.69) is 17.0 Å². The van der Waals surface area contributed by atoms with Crippen LogP contribution in [0.2, 0.25) is 0 Å². The molecule has 7 nitrogen and oxygen atoms in total. The minimum atomic E-state index is -3.61. The van der Waals surface area contributed by atoms with Crippen LogP contribution in [0.1, 0.15) is 36.3 Å². The summed E-state index contributed by atoms with van der Waals surface area (Å²) >= 11 is 0. The van der Waals surface area contributed by atoms with E-state index in [1.54, 1.807) is 31.3 Å². The second kappa shape index (κ2) is 10.7. The average Bonchev–Trinajstić information content (AvgIpc) is 3.54. The minimum Gasteiger partial charge on any atom is -0.454 e. The number of hydrogen-bond donors (Lipinski definition) is 0. The first kappa shape index (κ1) is 26.5. The molecular formula is C30H34N2O5S2. The number of nitrogens with zero attached hydrogens (tertiary/aromatic N) is 2. The minimum absolute atomic E-state index is 0.0126. The van der Waals surface area contributed by atoms with Crippen LogP contribution >= 0.6 is 0 Å². The van der Waals surface area contributed by atoms with Crippen LogP contribution in [0.25, 0.3) is 0 Å². The number of likely N-dealkylation sites (N-methyl/N-ethyl adjacent to an activating group) is 1. The molecule has 0 aromatic heterocycles. The van der Waals surface area contributed by atoms with Gasteiger partial charge in [-0.2, -0.15) is 0 Å². The van der Waals surface area contributed by atoms with Gasteiger partial charge in [0.25, 0.3) is 0 Å². The third-order valence-corrected chi connectivity index (χ3v) is 12.0. The van der Waals surface area contributed by atoms with Crippen molar-refractivity contribution < 1.29 is 22.1 Å². The molecule has 3 aromatic rings. The maximum Gasteiger partial charge on any atom is 0.242 e. The second-order valence-corrected chi connectivity index (χ2v) is 14.3. The lowest BCUT2D eigenvalue weighted by Gasteiger charge is -2.40. The monoisotopic (exact) mass is 566 g/mol. The summed E-state index contributed by atoms with van der Waals surface area (Å²) in [5, 5.41) is 0. The van der Waals surface area contributed by atoms with E-state index < -0.39 is 20.8 Å². The van der Waals surface area contributed by atoms with Crippen molar-refractivity contribution in [3.63, 3.8) is 0 Å². The largest absolute Gasteiger partial charge is 0.454 e. The first-order valence-electron chi connectivity index (χ1n) is 13.5. The van der Waals surface area contributed by atoms with Crippen molar-refractivity contribution in [1.29, 1.82) is 0 Å². The highest BCUT2D eigenvalue weighted by molar-refractivity contribution is 7.89. The molecule has 0 saturated carbocycles. The molecule has 3 aromatic carbocycles. The summed E-state index contributed by atoms with van der Waals surface area (Å²) in [5.74, 6) is 2.14. The Balaban J connectivity index is 1.17. The maximum absolute atomic E-state index is 13.3. The molecular weight excluding hydrogens is 532 g/mol. The van der Waals surface area contributed by atoms with E-state index >= 15 is 0 Å². The van der Waals surface area contributed by atoms with E-state index in [0.717, 1.165) is 60.9 Å². The Morgan fingerprint density at radius 3 is 2.49 bits per heavy atom. The zero-order valence-corrected chi connectivity index (χ0v) is 23.8. The van der Waals surface area contributed by atoms with Crippen LogP contribution in [0, 0.1) is 0 Å². The fourth-order valence-corrected chi connectivity index (χ4v) is 9.28. The molecule has 3 aliphatic heterocycles. The maximum atomic E-state index is 13.3. The highest BCUT2D eigenvalue weighted by atomic mass is 32.2. The van der Waals surface area contributed by atoms with Gasteiger partial charge in [-0.1, -0.05) is 42.5 Å². The molecule has 1 saturated heterocycles. The fourth-order valence-electron chi connectivity index (χ4n) is 6.18. The number of benzene rings is 3. The van der Waals surface area contributed by atoms with Gasteiger partial charge in [0.05, 0.1) is 15.7 Å². The lowest BCUT2D eigenvalue weighted by Crippen LogP contribution is -2.44. The summed E-state index contributed by atoms with van der Waals surface area (Å²) in [5.41, 5.74) is 2.33. The molecule has 39 heavy (non-hydrogen) atoms. The molecule has 1 spiro atoms. The highest BCUT2D eigenvalue weighted by Crippen LogP contribution is 2.45. The lowest BCUT2D eigenvalue weighted by atomic mass is 9.74. The van der Waals surface area contributed by atoms with E-state index in [4.69, 9.17) is 9.47 Å². The van der Waals surface area contributed by atoms with Crippen LogP contribution in [0.3, 0.4) is 0 Å². The van der Waals surface area contributed by atoms with Crippen LogP contribution in [-0.4, -0.2) is 67.6 Å². The van der Waals surface area contributed by atoms with Gasteiger partial charge < -0.3 is 14.4 Å². The Morgan fingerprint density at radius 1 is 0.974 bits per heavy atom. The number of rotatable bonds is 8. The van der Waals surface area contributed by atoms with Gasteiger partial charge in [-0.3, -0.25) is 4.21 Å². The molecule has 1 fully saturated rings. The molecule has 9 heteroatoms. The summed E-state index contributed by atoms with van der Waals surface area (Å²) in [6.07, 6.45) is 2.79. The summed E-state index contributed by atoms with van der Waals surface area (Å²) in [4.78, 5) is 3.78. The van der Waals surface area contributed by atoms with Crippen molar-refractivity contribution in [3.05, 3.63) is 83.9 Å². The molecule has 0 aliphatic carbocycles. The second-order valence-electron chi connectivity index (χ2n) is 10.8. The third-order valence-electron chi connectivity index (χ3n) is 8.51. The van der Waals surface area contributed by atoms with Crippen molar-refractivity contribution in [2.24, 2.45) is 0 Å². The molecule has 0 N–H and O–H groups in total. The summed E-state index contributed by atoms with van der Waals surface area (Å²) in [6.45, 7) is 3.31. The van der Waals surface area contributed by atoms with Crippen molar-refractivity contribution in [2.45, 2.75) is 40.4 Å². The van der Waals surface area contributed by atoms with Gasteiger partial charge in [0.2, 0.25) is 16.8 Å². The zero-order chi connectivity index (χ0) is 27.0. The van der Waals surface area contributed by atoms with Crippen LogP contribution in [0.5, 0.6) is 11.5 Å². The van der Waals surface area contributed by atoms with Gasteiger partial charge in [0.1, 0.15) is 0 Å². The highest BCUT2D eigenvalue weighted by Gasteiger charge is 2.44. The molecule has 0 bridgehead atoms. The van der Waals surface area contributed by atoms with Gasteiger partial charge in [-0.05, 0) is 86.3 Å². The van der Waals surface area contributed by atoms with Crippen molar-refractivity contribution >= 4 is 20.8 Å². The lowest BCUT2D eigenvalue weighted by molar-refractivity contribution is 0.165. The molecule has 0 amide bonds. The Morgan fingerprint density at radius 2 is 1.69 bits per heavy atom. The number of hydrogen-bond acceptors (Lipinski definition) is 6. The van der Waals surface area contributed by atoms with Gasteiger partial charge in [-0.15, -0.1) is 0 Å². The first-order valence-corrected chi connectivity index (χ1v) is 16.2. The van der Waals surface area contributed by atoms with E-state index in [1.165, 1.54) is 9.87 Å². The van der Waals surface area contributed by atoms with Crippen LogP contribution in [0.4, 0.5) is 0 Å². The van der Waals surface area contributed by atoms with Gasteiger partial charge in [0, 0.05) is 29.7 Å². The molecule has 3 aliphatic rings. The van der Waals surface area contributed by atoms with Crippen molar-refractivity contribution in [1.82, 2.24) is 9.21 Å². The molecule has 2 atom stereocenters. The van der Waals surface area contributed by atoms with Crippen LogP contribution < -0.4 is 9.47 Å². The normalized spacial score (nSPS) is 20.8. The number of likely N-dealkylation sites (tertiary alicyclic amines) is 1. The van der Waals surface area contributed by atoms with E-state index in [0.29, 0.717) is 17.2 Å². The Bertz CT molecular complexity index is 1470. The average molecular weight is 567 g/mol. The van der Waals surface area contributed by atoms with E-state index in [1.807, 2.05) is 36.4 Å². The Labute approximate surface area is 233 Å². The van der Waals surface area contributed by atoms with Crippen LogP contribution in [0.15, 0.2) is 82.6 Å². The Hall–Kier alpha value is -2.72. The zero-order valence-electron chi connectivity index (χ0n) is 22.1. The molecule has 0 radical (unpaired) electrons. The number of fused-ring (bicyclic) bond motifs is 3. The summed E-state index contributed by atoms with van der Waals surface area (Å²) < 4.78 is 52.0. The number of piperidine rings is 1. The molecule has 3 heterocycles. The summed E-state index contributed by atoms with van der Waals surface area (Å²) in [7, 11) is -2.87. The standard InChI is InChI=1S/C30H34N2O5S2/c1-31(39(34,35)25-7-3-2-4-8-25)20-24(23-11-12-27-28(19-23)37-22-36-27)13-16-32-17-14-30(15-18-32)21-38(33)29-10-6-5-9-26(29)30/h2-12,19,24H,13-18,20-22H2,1H3/t24-,38?/m1/s1. The number of ether oxygens (including phenoxy) is 2. The molecule has 1 unspecified atom stereocenters. The summed E-state index contributed by atoms with van der Waals surface area (Å²) in [6, 6.07) is 22.7. The van der Waals surface area contributed by atoms with Gasteiger partial charge >= 0.3 is 0 Å². The third kappa shape index (κ3) is 5.13. The molecule has 6 rings (SSSR count).